The highest BCUT2D eigenvalue weighted by atomic mass is 32.3. The molecule has 0 aliphatic heterocycles. The Kier molecular flexibility index (Phi) is 31.7. The lowest BCUT2D eigenvalue weighted by molar-refractivity contribution is 0.186. The molecule has 0 radical (unpaired) electrons. The third-order valence-corrected chi connectivity index (χ3v) is 3.70. The second-order valence-corrected chi connectivity index (χ2v) is 6.50. The number of aliphatic hydroxyl groups excluding tert-OH is 2. The number of benzene rings is 1. The normalized spacial score (nSPS) is 9.29. The van der Waals surface area contributed by atoms with Crippen LogP contribution in [0, 0.1) is 0 Å². The molecule has 0 saturated carbocycles. The molecule has 0 heterocycles. The lowest BCUT2D eigenvalue weighted by Crippen LogP contribution is -2.06. The van der Waals surface area contributed by atoms with Crippen LogP contribution in [-0.2, 0) is 16.8 Å². The average Bonchev–Trinajstić information content (AvgIpc) is 2.54. The van der Waals surface area contributed by atoms with Crippen LogP contribution in [0.3, 0.4) is 0 Å². The Balaban J connectivity index is -0.000000201. The molecular formula is C17H42N4O6S. The van der Waals surface area contributed by atoms with Crippen molar-refractivity contribution < 1.29 is 27.4 Å². The Hall–Kier alpha value is -1.31. The van der Waals surface area contributed by atoms with E-state index in [0.29, 0.717) is 0 Å². The van der Waals surface area contributed by atoms with Gasteiger partial charge in [-0.15, -0.1) is 0 Å². The molecule has 1 rings (SSSR count). The molecule has 0 aliphatic carbocycles. The minimum absolute atomic E-state index is 0. The van der Waals surface area contributed by atoms with Crippen LogP contribution in [0.2, 0.25) is 0 Å². The highest BCUT2D eigenvalue weighted by Crippen LogP contribution is 2.16. The predicted molar refractivity (Wildman–Crippen MR) is 115 cm³/mol. The van der Waals surface area contributed by atoms with Crippen molar-refractivity contribution in [2.45, 2.75) is 58.3 Å². The van der Waals surface area contributed by atoms with E-state index in [1.165, 1.54) is 38.5 Å². The predicted octanol–water partition coefficient (Wildman–Crippen LogP) is 3.78. The van der Waals surface area contributed by atoms with Gasteiger partial charge in [-0.25, -0.2) is 0 Å². The number of aryl methyl sites for hydroxylation is 1. The summed E-state index contributed by atoms with van der Waals surface area (Å²) < 4.78 is 34.0. The molecule has 0 atom stereocenters. The van der Waals surface area contributed by atoms with Gasteiger partial charge < -0.3 is 39.0 Å². The molecule has 0 aliphatic rings. The SMILES string of the molecule is CCCCCCCCCc1ccc(OS(=O)(=O)O)cc1.N.N.N.N.OCCO. The Labute approximate surface area is 170 Å². The number of rotatable bonds is 11. The maximum atomic E-state index is 10.5. The number of hydrogen-bond donors (Lipinski definition) is 7. The first-order valence-corrected chi connectivity index (χ1v) is 9.77. The average molecular weight is 431 g/mol. The summed E-state index contributed by atoms with van der Waals surface area (Å²) in [6.07, 6.45) is 9.89. The van der Waals surface area contributed by atoms with Crippen molar-refractivity contribution in [1.82, 2.24) is 24.6 Å². The molecule has 172 valence electrons. The van der Waals surface area contributed by atoms with Crippen molar-refractivity contribution in [1.29, 1.82) is 0 Å². The van der Waals surface area contributed by atoms with Crippen LogP contribution in [0.1, 0.15) is 57.4 Å². The van der Waals surface area contributed by atoms with Gasteiger partial charge >= 0.3 is 10.4 Å². The van der Waals surface area contributed by atoms with Gasteiger partial charge in [0.05, 0.1) is 13.2 Å². The van der Waals surface area contributed by atoms with Crippen LogP contribution in [0.25, 0.3) is 0 Å². The second kappa shape index (κ2) is 23.7. The van der Waals surface area contributed by atoms with E-state index < -0.39 is 10.4 Å². The van der Waals surface area contributed by atoms with Crippen molar-refractivity contribution in [3.8, 4) is 5.75 Å². The molecule has 0 saturated heterocycles. The van der Waals surface area contributed by atoms with Gasteiger partial charge in [0.15, 0.2) is 0 Å². The van der Waals surface area contributed by atoms with E-state index >= 15 is 0 Å². The largest absolute Gasteiger partial charge is 0.446 e. The summed E-state index contributed by atoms with van der Waals surface area (Å²) >= 11 is 0. The number of aliphatic hydroxyl groups is 2. The Bertz CT molecular complexity index is 513. The Morgan fingerprint density at radius 2 is 1.21 bits per heavy atom. The zero-order chi connectivity index (χ0) is 18.3. The minimum atomic E-state index is -4.42. The van der Waals surface area contributed by atoms with Crippen LogP contribution in [0.4, 0.5) is 0 Å². The van der Waals surface area contributed by atoms with Gasteiger partial charge in [0, 0.05) is 0 Å². The van der Waals surface area contributed by atoms with Gasteiger partial charge in [0.2, 0.25) is 0 Å². The van der Waals surface area contributed by atoms with Crippen molar-refractivity contribution in [3.05, 3.63) is 29.8 Å². The van der Waals surface area contributed by atoms with Gasteiger partial charge in [-0.2, -0.15) is 8.42 Å². The molecule has 11 heteroatoms. The first-order valence-electron chi connectivity index (χ1n) is 8.40. The molecule has 1 aromatic carbocycles. The van der Waals surface area contributed by atoms with Gasteiger partial charge in [0.25, 0.3) is 0 Å². The molecule has 0 aromatic heterocycles. The smallest absolute Gasteiger partial charge is 0.394 e. The fourth-order valence-corrected chi connectivity index (χ4v) is 2.47. The summed E-state index contributed by atoms with van der Waals surface area (Å²) in [6.45, 7) is 1.97. The summed E-state index contributed by atoms with van der Waals surface area (Å²) in [7, 11) is -4.42. The minimum Gasteiger partial charge on any atom is -0.394 e. The molecule has 10 nitrogen and oxygen atoms in total. The van der Waals surface area contributed by atoms with Crippen molar-refractivity contribution in [2.75, 3.05) is 13.2 Å². The quantitative estimate of drug-likeness (QED) is 0.197. The summed E-state index contributed by atoms with van der Waals surface area (Å²) in [6, 6.07) is 6.78. The highest BCUT2D eigenvalue weighted by Gasteiger charge is 2.06. The Morgan fingerprint density at radius 1 is 0.786 bits per heavy atom. The monoisotopic (exact) mass is 430 g/mol. The maximum absolute atomic E-state index is 10.5. The zero-order valence-corrected chi connectivity index (χ0v) is 18.0. The van der Waals surface area contributed by atoms with Crippen LogP contribution < -0.4 is 28.8 Å². The molecule has 28 heavy (non-hydrogen) atoms. The van der Waals surface area contributed by atoms with E-state index in [2.05, 4.69) is 11.1 Å². The highest BCUT2D eigenvalue weighted by molar-refractivity contribution is 7.81. The van der Waals surface area contributed by atoms with E-state index in [1.807, 2.05) is 12.1 Å². The third kappa shape index (κ3) is 24.7. The lowest BCUT2D eigenvalue weighted by atomic mass is 10.0. The number of hydrogen-bond acceptors (Lipinski definition) is 9. The van der Waals surface area contributed by atoms with Crippen LogP contribution in [0.15, 0.2) is 24.3 Å². The molecule has 15 N–H and O–H groups in total. The molecule has 0 spiro atoms. The summed E-state index contributed by atoms with van der Waals surface area (Å²) in [5.74, 6) is 0.135. The second-order valence-electron chi connectivity index (χ2n) is 5.47. The molecule has 1 aromatic rings. The molecular weight excluding hydrogens is 388 g/mol. The fourth-order valence-electron chi connectivity index (χ4n) is 2.12. The summed E-state index contributed by atoms with van der Waals surface area (Å²) in [5.41, 5.74) is 1.15. The van der Waals surface area contributed by atoms with E-state index in [-0.39, 0.29) is 43.6 Å². The molecule has 0 bridgehead atoms. The maximum Gasteiger partial charge on any atom is 0.446 e. The first kappa shape index (κ1) is 37.4. The Morgan fingerprint density at radius 3 is 1.61 bits per heavy atom. The van der Waals surface area contributed by atoms with Gasteiger partial charge in [-0.1, -0.05) is 57.6 Å². The van der Waals surface area contributed by atoms with Crippen molar-refractivity contribution >= 4 is 10.4 Å². The molecule has 0 fully saturated rings. The van der Waals surface area contributed by atoms with Crippen LogP contribution in [-0.4, -0.2) is 36.4 Å². The van der Waals surface area contributed by atoms with E-state index in [0.717, 1.165) is 18.4 Å². The topological polar surface area (TPSA) is 244 Å². The van der Waals surface area contributed by atoms with Crippen molar-refractivity contribution in [2.24, 2.45) is 0 Å². The van der Waals surface area contributed by atoms with Gasteiger partial charge in [-0.3, -0.25) is 4.55 Å². The van der Waals surface area contributed by atoms with Gasteiger partial charge in [-0.05, 0) is 30.5 Å². The zero-order valence-electron chi connectivity index (χ0n) is 17.2. The van der Waals surface area contributed by atoms with E-state index in [9.17, 15) is 8.42 Å². The first-order chi connectivity index (χ1) is 11.4. The standard InChI is InChI=1S/C15H24O4S.C2H6O2.4H3N/c1-2-3-4-5-6-7-8-9-14-10-12-15(13-11-14)19-20(16,17)18;3-1-2-4;;;;/h10-13H,2-9H2,1H3,(H,16,17,18);3-4H,1-2H2;4*1H3. The summed E-state index contributed by atoms with van der Waals surface area (Å²) in [4.78, 5) is 0. The van der Waals surface area contributed by atoms with Crippen LogP contribution in [0.5, 0.6) is 5.75 Å². The van der Waals surface area contributed by atoms with Gasteiger partial charge in [0.1, 0.15) is 5.75 Å². The van der Waals surface area contributed by atoms with Crippen LogP contribution >= 0.6 is 0 Å². The van der Waals surface area contributed by atoms with Crippen molar-refractivity contribution in [3.63, 3.8) is 0 Å². The lowest BCUT2D eigenvalue weighted by Gasteiger charge is -2.04. The summed E-state index contributed by atoms with van der Waals surface area (Å²) in [5, 5.41) is 15.2. The third-order valence-electron chi connectivity index (χ3n) is 3.29. The molecule has 0 amide bonds. The number of unbranched alkanes of at least 4 members (excludes halogenated alkanes) is 6. The van der Waals surface area contributed by atoms with E-state index in [4.69, 9.17) is 14.8 Å². The van der Waals surface area contributed by atoms with E-state index in [1.54, 1.807) is 12.1 Å². The molecule has 0 unspecified atom stereocenters. The fraction of sp³-hybridized carbons (Fsp3) is 0.647.